The van der Waals surface area contributed by atoms with Crippen LogP contribution < -0.4 is 10.2 Å². The molecule has 1 fully saturated rings. The van der Waals surface area contributed by atoms with Crippen molar-refractivity contribution >= 4 is 28.2 Å². The summed E-state index contributed by atoms with van der Waals surface area (Å²) in [5.41, 5.74) is 0. The first kappa shape index (κ1) is 15.1. The first-order valence-corrected chi connectivity index (χ1v) is 8.79. The van der Waals surface area contributed by atoms with Gasteiger partial charge in [0.25, 0.3) is 0 Å². The topological polar surface area (TPSA) is 41.1 Å². The molecule has 0 aromatic carbocycles. The average molecular weight is 300 g/mol. The third-order valence-corrected chi connectivity index (χ3v) is 5.82. The molecule has 1 saturated carbocycles. The van der Waals surface area contributed by atoms with Crippen molar-refractivity contribution in [1.82, 2.24) is 15.5 Å². The molecule has 1 aromatic heterocycles. The minimum atomic E-state index is 0.700. The molecule has 6 heteroatoms. The molecule has 4 nitrogen and oxygen atoms in total. The van der Waals surface area contributed by atoms with Gasteiger partial charge in [0.2, 0.25) is 5.13 Å². The molecule has 2 rings (SSSR count). The Bertz CT molecular complexity index is 380. The molecule has 1 N–H and O–H groups in total. The summed E-state index contributed by atoms with van der Waals surface area (Å²) < 4.78 is 1.12. The SMILES string of the molecule is CCCNC1CCCC(Sc2nnc(N(C)C)s2)C1. The number of rotatable bonds is 6. The molecular formula is C13H24N4S2. The van der Waals surface area contributed by atoms with Gasteiger partial charge in [-0.25, -0.2) is 0 Å². The molecule has 0 spiro atoms. The Morgan fingerprint density at radius 2 is 2.21 bits per heavy atom. The Balaban J connectivity index is 1.84. The maximum Gasteiger partial charge on any atom is 0.208 e. The van der Waals surface area contributed by atoms with Crippen LogP contribution in [0.1, 0.15) is 39.0 Å². The lowest BCUT2D eigenvalue weighted by Gasteiger charge is -2.28. The lowest BCUT2D eigenvalue weighted by molar-refractivity contribution is 0.381. The summed E-state index contributed by atoms with van der Waals surface area (Å²) in [5, 5.41) is 13.9. The fourth-order valence-corrected chi connectivity index (χ4v) is 4.67. The van der Waals surface area contributed by atoms with Crippen molar-refractivity contribution in [2.45, 2.75) is 54.7 Å². The molecule has 0 amide bonds. The number of anilines is 1. The van der Waals surface area contributed by atoms with E-state index in [1.807, 2.05) is 30.8 Å². The van der Waals surface area contributed by atoms with Crippen molar-refractivity contribution in [3.05, 3.63) is 0 Å². The number of nitrogens with zero attached hydrogens (tertiary/aromatic N) is 3. The van der Waals surface area contributed by atoms with Crippen molar-refractivity contribution in [2.24, 2.45) is 0 Å². The van der Waals surface area contributed by atoms with Crippen LogP contribution in [-0.4, -0.2) is 42.1 Å². The van der Waals surface area contributed by atoms with Crippen molar-refractivity contribution in [1.29, 1.82) is 0 Å². The molecular weight excluding hydrogens is 276 g/mol. The normalized spacial score (nSPS) is 23.5. The summed E-state index contributed by atoms with van der Waals surface area (Å²) >= 11 is 3.62. The van der Waals surface area contributed by atoms with E-state index in [2.05, 4.69) is 22.4 Å². The monoisotopic (exact) mass is 300 g/mol. The quantitative estimate of drug-likeness (QED) is 0.874. The first-order valence-electron chi connectivity index (χ1n) is 7.10. The average Bonchev–Trinajstić information content (AvgIpc) is 2.85. The van der Waals surface area contributed by atoms with Crippen molar-refractivity contribution in [3.63, 3.8) is 0 Å². The lowest BCUT2D eigenvalue weighted by atomic mass is 9.95. The van der Waals surface area contributed by atoms with Gasteiger partial charge in [0.1, 0.15) is 0 Å². The molecule has 1 heterocycles. The van der Waals surface area contributed by atoms with Crippen LogP contribution in [0.25, 0.3) is 0 Å². The Labute approximate surface area is 124 Å². The number of hydrogen-bond acceptors (Lipinski definition) is 6. The molecule has 1 aliphatic carbocycles. The minimum Gasteiger partial charge on any atom is -0.353 e. The zero-order chi connectivity index (χ0) is 13.7. The summed E-state index contributed by atoms with van der Waals surface area (Å²) in [7, 11) is 4.03. The molecule has 108 valence electrons. The highest BCUT2D eigenvalue weighted by Gasteiger charge is 2.23. The molecule has 0 radical (unpaired) electrons. The van der Waals surface area contributed by atoms with Crippen LogP contribution in [0.3, 0.4) is 0 Å². The molecule has 2 unspecified atom stereocenters. The van der Waals surface area contributed by atoms with Crippen molar-refractivity contribution < 1.29 is 0 Å². The van der Waals surface area contributed by atoms with E-state index in [1.165, 1.54) is 32.1 Å². The fourth-order valence-electron chi connectivity index (χ4n) is 2.36. The molecule has 1 aliphatic rings. The van der Waals surface area contributed by atoms with E-state index in [-0.39, 0.29) is 0 Å². The van der Waals surface area contributed by atoms with Gasteiger partial charge in [0.05, 0.1) is 0 Å². The standard InChI is InChI=1S/C13H24N4S2/c1-4-8-14-10-6-5-7-11(9-10)18-13-16-15-12(19-13)17(2)3/h10-11,14H,4-9H2,1-3H3. The van der Waals surface area contributed by atoms with E-state index in [0.29, 0.717) is 11.3 Å². The largest absolute Gasteiger partial charge is 0.353 e. The highest BCUT2D eigenvalue weighted by Crippen LogP contribution is 2.36. The van der Waals surface area contributed by atoms with Gasteiger partial charge < -0.3 is 10.2 Å². The van der Waals surface area contributed by atoms with Crippen LogP contribution in [0.4, 0.5) is 5.13 Å². The molecule has 0 aliphatic heterocycles. The summed E-state index contributed by atoms with van der Waals surface area (Å²) in [6.07, 6.45) is 6.46. The van der Waals surface area contributed by atoms with Gasteiger partial charge in [-0.05, 0) is 32.2 Å². The molecule has 0 bridgehead atoms. The Hall–Kier alpha value is -0.330. The van der Waals surface area contributed by atoms with E-state index < -0.39 is 0 Å². The highest BCUT2D eigenvalue weighted by molar-refractivity contribution is 8.01. The highest BCUT2D eigenvalue weighted by atomic mass is 32.2. The number of thioether (sulfide) groups is 1. The minimum absolute atomic E-state index is 0.700. The Morgan fingerprint density at radius 1 is 1.37 bits per heavy atom. The third-order valence-electron chi connectivity index (χ3n) is 3.35. The Kier molecular flexibility index (Phi) is 5.91. The van der Waals surface area contributed by atoms with Gasteiger partial charge >= 0.3 is 0 Å². The second kappa shape index (κ2) is 7.45. The number of nitrogens with one attached hydrogen (secondary N) is 1. The second-order valence-corrected chi connectivity index (χ2v) is 7.81. The van der Waals surface area contributed by atoms with Crippen LogP contribution in [0.15, 0.2) is 4.34 Å². The van der Waals surface area contributed by atoms with Gasteiger partial charge in [-0.3, -0.25) is 0 Å². The van der Waals surface area contributed by atoms with Crippen LogP contribution in [0.2, 0.25) is 0 Å². The van der Waals surface area contributed by atoms with Crippen LogP contribution >= 0.6 is 23.1 Å². The van der Waals surface area contributed by atoms with E-state index in [9.17, 15) is 0 Å². The summed E-state index contributed by atoms with van der Waals surface area (Å²) in [6.45, 7) is 3.37. The maximum atomic E-state index is 4.29. The van der Waals surface area contributed by atoms with Gasteiger partial charge in [-0.1, -0.05) is 36.4 Å². The Morgan fingerprint density at radius 3 is 2.89 bits per heavy atom. The van der Waals surface area contributed by atoms with Gasteiger partial charge in [0, 0.05) is 25.4 Å². The molecule has 19 heavy (non-hydrogen) atoms. The van der Waals surface area contributed by atoms with Crippen LogP contribution in [0.5, 0.6) is 0 Å². The smallest absolute Gasteiger partial charge is 0.208 e. The number of aromatic nitrogens is 2. The molecule has 2 atom stereocenters. The predicted molar refractivity (Wildman–Crippen MR) is 84.4 cm³/mol. The first-order chi connectivity index (χ1) is 9.19. The van der Waals surface area contributed by atoms with E-state index in [4.69, 9.17) is 0 Å². The zero-order valence-corrected chi connectivity index (χ0v) is 13.7. The maximum absolute atomic E-state index is 4.29. The lowest BCUT2D eigenvalue weighted by Crippen LogP contribution is -2.35. The van der Waals surface area contributed by atoms with Crippen molar-refractivity contribution in [2.75, 3.05) is 25.5 Å². The van der Waals surface area contributed by atoms with Gasteiger partial charge in [0.15, 0.2) is 4.34 Å². The predicted octanol–water partition coefficient (Wildman–Crippen LogP) is 3.01. The summed E-state index contributed by atoms with van der Waals surface area (Å²) in [4.78, 5) is 2.02. The number of hydrogen-bond donors (Lipinski definition) is 1. The zero-order valence-electron chi connectivity index (χ0n) is 12.1. The second-order valence-electron chi connectivity index (χ2n) is 5.30. The van der Waals surface area contributed by atoms with Gasteiger partial charge in [-0.2, -0.15) is 0 Å². The summed E-state index contributed by atoms with van der Waals surface area (Å²) in [6, 6.07) is 0.701. The summed E-state index contributed by atoms with van der Waals surface area (Å²) in [5.74, 6) is 0. The van der Waals surface area contributed by atoms with Crippen LogP contribution in [0, 0.1) is 0 Å². The van der Waals surface area contributed by atoms with E-state index in [1.54, 1.807) is 11.3 Å². The fraction of sp³-hybridized carbons (Fsp3) is 0.846. The van der Waals surface area contributed by atoms with Crippen molar-refractivity contribution in [3.8, 4) is 0 Å². The third kappa shape index (κ3) is 4.61. The molecule has 1 aromatic rings. The van der Waals surface area contributed by atoms with E-state index >= 15 is 0 Å². The van der Waals surface area contributed by atoms with Crippen LogP contribution in [-0.2, 0) is 0 Å². The van der Waals surface area contributed by atoms with Gasteiger partial charge in [-0.15, -0.1) is 10.2 Å². The van der Waals surface area contributed by atoms with E-state index in [0.717, 1.165) is 16.0 Å². The molecule has 0 saturated heterocycles.